The van der Waals surface area contributed by atoms with Crippen LogP contribution in [0.2, 0.25) is 0 Å². The summed E-state index contributed by atoms with van der Waals surface area (Å²) in [7, 11) is 0. The predicted molar refractivity (Wildman–Crippen MR) is 129 cm³/mol. The van der Waals surface area contributed by atoms with Crippen LogP contribution in [0.3, 0.4) is 0 Å². The molecule has 4 unspecified atom stereocenters. The number of fused-ring (bicyclic) bond motifs is 1. The van der Waals surface area contributed by atoms with Gasteiger partial charge in [-0.1, -0.05) is 45.1 Å². The van der Waals surface area contributed by atoms with Gasteiger partial charge in [-0.15, -0.1) is 0 Å². The summed E-state index contributed by atoms with van der Waals surface area (Å²) in [5.74, 6) is 2.25. The third kappa shape index (κ3) is 4.89. The summed E-state index contributed by atoms with van der Waals surface area (Å²) in [5, 5.41) is 10.2. The van der Waals surface area contributed by atoms with Gasteiger partial charge in [-0.25, -0.2) is 0 Å². The molecule has 174 valence electrons. The number of allylic oxidation sites excluding steroid dienone is 3. The van der Waals surface area contributed by atoms with Crippen molar-refractivity contribution >= 4 is 0 Å². The van der Waals surface area contributed by atoms with E-state index < -0.39 is 0 Å². The van der Waals surface area contributed by atoms with Crippen LogP contribution in [-0.2, 0) is 4.74 Å². The van der Waals surface area contributed by atoms with Gasteiger partial charge >= 0.3 is 0 Å². The van der Waals surface area contributed by atoms with Gasteiger partial charge < -0.3 is 9.84 Å². The quantitative estimate of drug-likeness (QED) is 0.592. The standard InChI is InChI=1S/C28H45NO2/c1-20(2)26-19-31-18-17-29(26)16-14-24-12-13-25-23(8-6-15-28(24,25)4)11-10-22-7-5-9-27(30)21(22)3/h10-11,20,24-27,30H,3,5-9,12-19H2,1-2,4H3/b22-10-,23-11+/t24-,25?,26?,27?,28?/m1/s1. The van der Waals surface area contributed by atoms with Gasteiger partial charge in [0.2, 0.25) is 0 Å². The lowest BCUT2D eigenvalue weighted by atomic mass is 9.63. The maximum atomic E-state index is 10.2. The van der Waals surface area contributed by atoms with Gasteiger partial charge in [0.15, 0.2) is 0 Å². The van der Waals surface area contributed by atoms with Gasteiger partial charge in [0.05, 0.1) is 19.3 Å². The molecule has 0 amide bonds. The lowest BCUT2D eigenvalue weighted by Crippen LogP contribution is -2.49. The van der Waals surface area contributed by atoms with Crippen molar-refractivity contribution < 1.29 is 9.84 Å². The van der Waals surface area contributed by atoms with Crippen molar-refractivity contribution in [1.29, 1.82) is 0 Å². The molecule has 1 N–H and O–H groups in total. The number of hydrogen-bond donors (Lipinski definition) is 1. The summed E-state index contributed by atoms with van der Waals surface area (Å²) in [4.78, 5) is 2.72. The van der Waals surface area contributed by atoms with Crippen LogP contribution >= 0.6 is 0 Å². The van der Waals surface area contributed by atoms with Crippen LogP contribution in [0.15, 0.2) is 35.5 Å². The smallest absolute Gasteiger partial charge is 0.0787 e. The molecule has 0 bridgehead atoms. The van der Waals surface area contributed by atoms with Crippen LogP contribution in [-0.4, -0.2) is 48.5 Å². The van der Waals surface area contributed by atoms with Crippen LogP contribution in [0.1, 0.15) is 78.6 Å². The topological polar surface area (TPSA) is 32.7 Å². The normalized spacial score (nSPS) is 40.1. The summed E-state index contributed by atoms with van der Waals surface area (Å²) >= 11 is 0. The summed E-state index contributed by atoms with van der Waals surface area (Å²) < 4.78 is 5.78. The fourth-order valence-corrected chi connectivity index (χ4v) is 7.12. The summed E-state index contributed by atoms with van der Waals surface area (Å²) in [6.07, 6.45) is 15.5. The van der Waals surface area contributed by atoms with Crippen molar-refractivity contribution in [2.75, 3.05) is 26.3 Å². The molecule has 3 nitrogen and oxygen atoms in total. The number of rotatable bonds is 5. The second-order valence-electron chi connectivity index (χ2n) is 11.3. The van der Waals surface area contributed by atoms with Crippen molar-refractivity contribution in [3.8, 4) is 0 Å². The molecule has 5 atom stereocenters. The maximum absolute atomic E-state index is 10.2. The molecule has 1 heterocycles. The van der Waals surface area contributed by atoms with E-state index in [4.69, 9.17) is 4.74 Å². The molecular weight excluding hydrogens is 382 g/mol. The van der Waals surface area contributed by atoms with E-state index in [9.17, 15) is 5.11 Å². The Labute approximate surface area is 190 Å². The van der Waals surface area contributed by atoms with Crippen molar-refractivity contribution in [1.82, 2.24) is 4.90 Å². The molecule has 3 heteroatoms. The van der Waals surface area contributed by atoms with Crippen LogP contribution in [0.4, 0.5) is 0 Å². The Morgan fingerprint density at radius 2 is 2.03 bits per heavy atom. The lowest BCUT2D eigenvalue weighted by Gasteiger charge is -2.44. The first kappa shape index (κ1) is 23.3. The Morgan fingerprint density at radius 1 is 1.19 bits per heavy atom. The highest BCUT2D eigenvalue weighted by molar-refractivity contribution is 5.37. The number of morpholine rings is 1. The Balaban J connectivity index is 1.42. The van der Waals surface area contributed by atoms with Gasteiger partial charge in [0, 0.05) is 12.6 Å². The highest BCUT2D eigenvalue weighted by atomic mass is 16.5. The largest absolute Gasteiger partial charge is 0.388 e. The zero-order valence-electron chi connectivity index (χ0n) is 20.2. The molecule has 3 saturated carbocycles. The van der Waals surface area contributed by atoms with Crippen molar-refractivity contribution in [3.05, 3.63) is 35.5 Å². The second-order valence-corrected chi connectivity index (χ2v) is 11.3. The number of hydrogen-bond acceptors (Lipinski definition) is 3. The number of aliphatic hydroxyl groups excluding tert-OH is 1. The van der Waals surface area contributed by atoms with Gasteiger partial charge in [0.1, 0.15) is 0 Å². The molecule has 1 saturated heterocycles. The van der Waals surface area contributed by atoms with E-state index >= 15 is 0 Å². The summed E-state index contributed by atoms with van der Waals surface area (Å²) in [5.41, 5.74) is 4.37. The molecule has 4 aliphatic rings. The zero-order valence-corrected chi connectivity index (χ0v) is 20.2. The van der Waals surface area contributed by atoms with E-state index in [1.807, 2.05) is 0 Å². The van der Waals surface area contributed by atoms with E-state index in [-0.39, 0.29) is 6.10 Å². The lowest BCUT2D eigenvalue weighted by molar-refractivity contribution is -0.0291. The molecule has 0 aromatic carbocycles. The molecule has 1 aliphatic heterocycles. The molecular formula is C28H45NO2. The molecule has 0 spiro atoms. The first-order valence-corrected chi connectivity index (χ1v) is 13.0. The molecule has 0 aromatic heterocycles. The number of nitrogens with zero attached hydrogens (tertiary/aromatic N) is 1. The minimum Gasteiger partial charge on any atom is -0.388 e. The fourth-order valence-electron chi connectivity index (χ4n) is 7.12. The van der Waals surface area contributed by atoms with E-state index in [2.05, 4.69) is 44.4 Å². The minimum absolute atomic E-state index is 0.333. The van der Waals surface area contributed by atoms with Crippen molar-refractivity contribution in [3.63, 3.8) is 0 Å². The Hall–Kier alpha value is -0.900. The molecule has 3 aliphatic carbocycles. The first-order valence-electron chi connectivity index (χ1n) is 13.0. The Kier molecular flexibility index (Phi) is 7.45. The Bertz CT molecular complexity index is 708. The second kappa shape index (κ2) is 9.93. The average molecular weight is 428 g/mol. The molecule has 4 rings (SSSR count). The fraction of sp³-hybridized carbons (Fsp3) is 0.786. The third-order valence-electron chi connectivity index (χ3n) is 9.21. The third-order valence-corrected chi connectivity index (χ3v) is 9.21. The van der Waals surface area contributed by atoms with Crippen molar-refractivity contribution in [2.24, 2.45) is 23.2 Å². The van der Waals surface area contributed by atoms with E-state index in [0.29, 0.717) is 17.4 Å². The van der Waals surface area contributed by atoms with Crippen LogP contribution in [0.5, 0.6) is 0 Å². The average Bonchev–Trinajstić information content (AvgIpc) is 3.10. The van der Waals surface area contributed by atoms with Gasteiger partial charge in [-0.05, 0) is 98.6 Å². The van der Waals surface area contributed by atoms with Crippen LogP contribution in [0, 0.1) is 23.2 Å². The van der Waals surface area contributed by atoms with E-state index in [1.54, 1.807) is 5.57 Å². The Morgan fingerprint density at radius 3 is 2.84 bits per heavy atom. The molecule has 31 heavy (non-hydrogen) atoms. The van der Waals surface area contributed by atoms with Crippen molar-refractivity contribution in [2.45, 2.75) is 90.7 Å². The molecule has 0 aromatic rings. The zero-order chi connectivity index (χ0) is 22.0. The molecule has 4 fully saturated rings. The highest BCUT2D eigenvalue weighted by Crippen LogP contribution is 2.58. The predicted octanol–water partition coefficient (Wildman–Crippen LogP) is 5.90. The molecule has 0 radical (unpaired) electrons. The maximum Gasteiger partial charge on any atom is 0.0787 e. The summed E-state index contributed by atoms with van der Waals surface area (Å²) in [6.45, 7) is 15.6. The van der Waals surface area contributed by atoms with Crippen LogP contribution in [0.25, 0.3) is 0 Å². The monoisotopic (exact) mass is 427 g/mol. The minimum atomic E-state index is -0.333. The number of ether oxygens (including phenoxy) is 1. The van der Waals surface area contributed by atoms with Gasteiger partial charge in [0.25, 0.3) is 0 Å². The van der Waals surface area contributed by atoms with E-state index in [1.165, 1.54) is 50.6 Å². The van der Waals surface area contributed by atoms with Gasteiger partial charge in [-0.3, -0.25) is 4.90 Å². The summed E-state index contributed by atoms with van der Waals surface area (Å²) in [6, 6.07) is 0.589. The van der Waals surface area contributed by atoms with E-state index in [0.717, 1.165) is 56.4 Å². The SMILES string of the molecule is C=C1/C(=C\C=C2/CCCC3(C)C2CC[C@@H]3CCN2CCOCC2C(C)C)CCCC1O. The first-order chi connectivity index (χ1) is 14.9. The number of aliphatic hydroxyl groups is 1. The van der Waals surface area contributed by atoms with Gasteiger partial charge in [-0.2, -0.15) is 0 Å². The van der Waals surface area contributed by atoms with Crippen LogP contribution < -0.4 is 0 Å². The highest BCUT2D eigenvalue weighted by Gasteiger charge is 2.48.